The molecule has 1 unspecified atom stereocenters. The molecule has 0 spiro atoms. The number of carbonyl (C=O) groups excluding carboxylic acids is 1. The van der Waals surface area contributed by atoms with Gasteiger partial charge in [-0.05, 0) is 37.6 Å². The number of rotatable bonds is 3. The highest BCUT2D eigenvalue weighted by molar-refractivity contribution is 5.97. The Labute approximate surface area is 106 Å². The van der Waals surface area contributed by atoms with Crippen molar-refractivity contribution in [2.45, 2.75) is 31.7 Å². The standard InChI is InChI=1S/C14H17NO3/c16-12(8-11-3-1-2-6-15-11)10-4-5-13-14(7-10)18-9-17-13/h4-5,7,11,15H,1-3,6,8-9H2. The number of benzene rings is 1. The summed E-state index contributed by atoms with van der Waals surface area (Å²) in [4.78, 5) is 12.2. The average Bonchev–Trinajstić information content (AvgIpc) is 2.87. The summed E-state index contributed by atoms with van der Waals surface area (Å²) in [7, 11) is 0. The third kappa shape index (κ3) is 2.34. The van der Waals surface area contributed by atoms with Crippen LogP contribution in [-0.4, -0.2) is 25.2 Å². The molecule has 96 valence electrons. The van der Waals surface area contributed by atoms with Gasteiger partial charge in [-0.25, -0.2) is 0 Å². The van der Waals surface area contributed by atoms with E-state index in [4.69, 9.17) is 9.47 Å². The monoisotopic (exact) mass is 247 g/mol. The number of ketones is 1. The second kappa shape index (κ2) is 4.98. The normalized spacial score (nSPS) is 21.9. The largest absolute Gasteiger partial charge is 0.454 e. The number of carbonyl (C=O) groups is 1. The Morgan fingerprint density at radius 2 is 2.17 bits per heavy atom. The van der Waals surface area contributed by atoms with Gasteiger partial charge in [0.2, 0.25) is 6.79 Å². The van der Waals surface area contributed by atoms with Gasteiger partial charge >= 0.3 is 0 Å². The molecule has 18 heavy (non-hydrogen) atoms. The Hall–Kier alpha value is -1.55. The fourth-order valence-corrected chi connectivity index (χ4v) is 2.51. The van der Waals surface area contributed by atoms with E-state index in [1.165, 1.54) is 12.8 Å². The first-order valence-electron chi connectivity index (χ1n) is 6.49. The minimum absolute atomic E-state index is 0.174. The Bertz CT molecular complexity index is 452. The minimum atomic E-state index is 0.174. The number of ether oxygens (including phenoxy) is 2. The lowest BCUT2D eigenvalue weighted by atomic mass is 9.97. The van der Waals surface area contributed by atoms with Crippen molar-refractivity contribution < 1.29 is 14.3 Å². The van der Waals surface area contributed by atoms with Gasteiger partial charge in [-0.15, -0.1) is 0 Å². The number of hydrogen-bond acceptors (Lipinski definition) is 4. The van der Waals surface area contributed by atoms with Crippen molar-refractivity contribution in [3.05, 3.63) is 23.8 Å². The maximum atomic E-state index is 12.2. The van der Waals surface area contributed by atoms with Crippen molar-refractivity contribution in [2.75, 3.05) is 13.3 Å². The molecule has 0 saturated carbocycles. The molecule has 0 aromatic heterocycles. The Morgan fingerprint density at radius 3 is 3.00 bits per heavy atom. The van der Waals surface area contributed by atoms with E-state index in [2.05, 4.69) is 5.32 Å². The van der Waals surface area contributed by atoms with Gasteiger partial charge in [0.05, 0.1) is 0 Å². The van der Waals surface area contributed by atoms with E-state index in [0.717, 1.165) is 18.7 Å². The molecule has 0 bridgehead atoms. The van der Waals surface area contributed by atoms with Crippen LogP contribution >= 0.6 is 0 Å². The summed E-state index contributed by atoms with van der Waals surface area (Å²) in [5.41, 5.74) is 0.714. The van der Waals surface area contributed by atoms with Crippen LogP contribution in [0.3, 0.4) is 0 Å². The van der Waals surface area contributed by atoms with E-state index >= 15 is 0 Å². The van der Waals surface area contributed by atoms with Gasteiger partial charge in [0, 0.05) is 18.0 Å². The molecule has 1 aromatic rings. The molecular weight excluding hydrogens is 230 g/mol. The van der Waals surface area contributed by atoms with Gasteiger partial charge in [0.1, 0.15) is 0 Å². The molecule has 4 heteroatoms. The summed E-state index contributed by atoms with van der Waals surface area (Å²) in [6.45, 7) is 1.27. The number of fused-ring (bicyclic) bond motifs is 1. The molecule has 4 nitrogen and oxygen atoms in total. The molecule has 1 aromatic carbocycles. The smallest absolute Gasteiger partial charge is 0.231 e. The van der Waals surface area contributed by atoms with E-state index in [-0.39, 0.29) is 12.6 Å². The van der Waals surface area contributed by atoms with E-state index < -0.39 is 0 Å². The van der Waals surface area contributed by atoms with Crippen LogP contribution in [0.2, 0.25) is 0 Å². The van der Waals surface area contributed by atoms with Crippen LogP contribution in [0.5, 0.6) is 11.5 Å². The zero-order valence-electron chi connectivity index (χ0n) is 10.3. The van der Waals surface area contributed by atoms with Crippen LogP contribution in [0.1, 0.15) is 36.0 Å². The van der Waals surface area contributed by atoms with E-state index in [1.54, 1.807) is 6.07 Å². The minimum Gasteiger partial charge on any atom is -0.454 e. The van der Waals surface area contributed by atoms with Crippen LogP contribution in [0.15, 0.2) is 18.2 Å². The van der Waals surface area contributed by atoms with Crippen molar-refractivity contribution in [1.29, 1.82) is 0 Å². The van der Waals surface area contributed by atoms with Crippen LogP contribution in [0.25, 0.3) is 0 Å². The second-order valence-corrected chi connectivity index (χ2v) is 4.84. The van der Waals surface area contributed by atoms with Crippen molar-refractivity contribution >= 4 is 5.78 Å². The molecule has 1 fully saturated rings. The van der Waals surface area contributed by atoms with Crippen molar-refractivity contribution in [2.24, 2.45) is 0 Å². The Balaban J connectivity index is 1.68. The quantitative estimate of drug-likeness (QED) is 0.831. The fraction of sp³-hybridized carbons (Fsp3) is 0.500. The fourth-order valence-electron chi connectivity index (χ4n) is 2.51. The highest BCUT2D eigenvalue weighted by atomic mass is 16.7. The lowest BCUT2D eigenvalue weighted by molar-refractivity contribution is 0.0963. The second-order valence-electron chi connectivity index (χ2n) is 4.84. The molecule has 1 N–H and O–H groups in total. The summed E-state index contributed by atoms with van der Waals surface area (Å²) in [5.74, 6) is 1.58. The SMILES string of the molecule is O=C(CC1CCCCN1)c1ccc2c(c1)OCO2. The lowest BCUT2D eigenvalue weighted by Gasteiger charge is -2.22. The van der Waals surface area contributed by atoms with Gasteiger partial charge in [0.15, 0.2) is 17.3 Å². The summed E-state index contributed by atoms with van der Waals surface area (Å²) < 4.78 is 10.5. The highest BCUT2D eigenvalue weighted by Gasteiger charge is 2.20. The van der Waals surface area contributed by atoms with Gasteiger partial charge < -0.3 is 14.8 Å². The van der Waals surface area contributed by atoms with Crippen molar-refractivity contribution in [3.8, 4) is 11.5 Å². The van der Waals surface area contributed by atoms with Crippen LogP contribution < -0.4 is 14.8 Å². The summed E-state index contributed by atoms with van der Waals surface area (Å²) in [6, 6.07) is 5.74. The molecule has 2 aliphatic rings. The third-order valence-corrected chi connectivity index (χ3v) is 3.54. The van der Waals surface area contributed by atoms with Gasteiger partial charge in [0.25, 0.3) is 0 Å². The molecule has 3 rings (SSSR count). The van der Waals surface area contributed by atoms with E-state index in [0.29, 0.717) is 23.8 Å². The van der Waals surface area contributed by atoms with Gasteiger partial charge in [-0.2, -0.15) is 0 Å². The molecule has 0 amide bonds. The number of hydrogen-bond donors (Lipinski definition) is 1. The lowest BCUT2D eigenvalue weighted by Crippen LogP contribution is -2.35. The topological polar surface area (TPSA) is 47.6 Å². The number of piperidine rings is 1. The molecule has 0 radical (unpaired) electrons. The Morgan fingerprint density at radius 1 is 1.28 bits per heavy atom. The first kappa shape index (κ1) is 11.5. The molecule has 1 saturated heterocycles. The van der Waals surface area contributed by atoms with Crippen molar-refractivity contribution in [1.82, 2.24) is 5.32 Å². The van der Waals surface area contributed by atoms with Crippen molar-refractivity contribution in [3.63, 3.8) is 0 Å². The summed E-state index contributed by atoms with van der Waals surface area (Å²) in [5, 5.41) is 3.40. The van der Waals surface area contributed by atoms with E-state index in [1.807, 2.05) is 12.1 Å². The number of nitrogens with one attached hydrogen (secondary N) is 1. The Kier molecular flexibility index (Phi) is 3.19. The zero-order chi connectivity index (χ0) is 12.4. The predicted molar refractivity (Wildman–Crippen MR) is 67.2 cm³/mol. The van der Waals surface area contributed by atoms with Crippen LogP contribution in [0, 0.1) is 0 Å². The third-order valence-electron chi connectivity index (χ3n) is 3.54. The van der Waals surface area contributed by atoms with Gasteiger partial charge in [-0.3, -0.25) is 4.79 Å². The molecule has 2 aliphatic heterocycles. The highest BCUT2D eigenvalue weighted by Crippen LogP contribution is 2.32. The van der Waals surface area contributed by atoms with Gasteiger partial charge in [-0.1, -0.05) is 6.42 Å². The van der Waals surface area contributed by atoms with Crippen LogP contribution in [0.4, 0.5) is 0 Å². The molecule has 0 aliphatic carbocycles. The summed E-state index contributed by atoms with van der Waals surface area (Å²) in [6.07, 6.45) is 4.09. The molecule has 2 heterocycles. The first-order chi connectivity index (χ1) is 8.83. The first-order valence-corrected chi connectivity index (χ1v) is 6.49. The maximum absolute atomic E-state index is 12.2. The van der Waals surface area contributed by atoms with Crippen LogP contribution in [-0.2, 0) is 0 Å². The summed E-state index contributed by atoms with van der Waals surface area (Å²) >= 11 is 0. The molecule has 1 atom stereocenters. The maximum Gasteiger partial charge on any atom is 0.231 e. The average molecular weight is 247 g/mol. The molecular formula is C14H17NO3. The van der Waals surface area contributed by atoms with E-state index in [9.17, 15) is 4.79 Å². The predicted octanol–water partition coefficient (Wildman–Crippen LogP) is 2.13. The zero-order valence-corrected chi connectivity index (χ0v) is 10.3. The number of Topliss-reactive ketones (excluding diaryl/α,β-unsaturated/α-hetero) is 1.